The minimum absolute atomic E-state index is 0.0365. The van der Waals surface area contributed by atoms with Crippen molar-refractivity contribution in [2.45, 2.75) is 32.4 Å². The lowest BCUT2D eigenvalue weighted by molar-refractivity contribution is -0.137. The summed E-state index contributed by atoms with van der Waals surface area (Å²) >= 11 is 10.9. The number of alkyl halides is 3. The van der Waals surface area contributed by atoms with E-state index in [0.29, 0.717) is 5.56 Å². The zero-order valence-corrected chi connectivity index (χ0v) is 16.4. The second-order valence-electron chi connectivity index (χ2n) is 6.93. The van der Waals surface area contributed by atoms with Gasteiger partial charge in [-0.3, -0.25) is 10.1 Å². The molecule has 2 aromatic rings. The summed E-state index contributed by atoms with van der Waals surface area (Å²) in [5.41, 5.74) is 0.748. The Morgan fingerprint density at radius 3 is 2.04 bits per heavy atom. The van der Waals surface area contributed by atoms with E-state index in [4.69, 9.17) is 23.8 Å². The van der Waals surface area contributed by atoms with E-state index in [1.165, 1.54) is 0 Å². The molecule has 0 aromatic heterocycles. The zero-order valence-electron chi connectivity index (χ0n) is 14.9. The third kappa shape index (κ3) is 5.68. The number of hydrogen-bond donors (Lipinski definition) is 2. The van der Waals surface area contributed by atoms with Crippen LogP contribution in [0, 0.1) is 0 Å². The van der Waals surface area contributed by atoms with Crippen molar-refractivity contribution in [3.8, 4) is 0 Å². The molecule has 0 unspecified atom stereocenters. The number of hydrogen-bond acceptors (Lipinski definition) is 2. The Hall–Kier alpha value is -2.12. The van der Waals surface area contributed by atoms with Gasteiger partial charge in [0.15, 0.2) is 5.11 Å². The van der Waals surface area contributed by atoms with Crippen molar-refractivity contribution in [1.82, 2.24) is 5.32 Å². The number of carbonyl (C=O) groups is 1. The number of halogens is 4. The highest BCUT2D eigenvalue weighted by Crippen LogP contribution is 2.33. The van der Waals surface area contributed by atoms with Crippen molar-refractivity contribution >= 4 is 40.5 Å². The first kappa shape index (κ1) is 21.2. The fraction of sp³-hybridized carbons (Fsp3) is 0.263. The summed E-state index contributed by atoms with van der Waals surface area (Å²) in [5, 5.41) is 4.88. The molecule has 1 amide bonds. The number of rotatable bonds is 2. The lowest BCUT2D eigenvalue weighted by atomic mass is 9.87. The van der Waals surface area contributed by atoms with E-state index in [9.17, 15) is 18.0 Å². The molecule has 0 spiro atoms. The van der Waals surface area contributed by atoms with Crippen molar-refractivity contribution in [2.75, 3.05) is 5.32 Å². The third-order valence-electron chi connectivity index (χ3n) is 3.78. The molecule has 0 heterocycles. The van der Waals surface area contributed by atoms with Crippen LogP contribution in [0.2, 0.25) is 5.02 Å². The van der Waals surface area contributed by atoms with E-state index in [2.05, 4.69) is 31.4 Å². The first-order chi connectivity index (χ1) is 12.4. The van der Waals surface area contributed by atoms with E-state index >= 15 is 0 Å². The number of benzene rings is 2. The molecule has 0 fully saturated rings. The number of amides is 1. The van der Waals surface area contributed by atoms with Gasteiger partial charge in [-0.15, -0.1) is 0 Å². The van der Waals surface area contributed by atoms with Gasteiger partial charge in [0.1, 0.15) is 0 Å². The Bertz CT molecular complexity index is 859. The van der Waals surface area contributed by atoms with E-state index in [1.807, 2.05) is 12.1 Å². The maximum Gasteiger partial charge on any atom is 0.416 e. The molecule has 0 aliphatic rings. The van der Waals surface area contributed by atoms with Gasteiger partial charge in [-0.1, -0.05) is 44.5 Å². The molecule has 3 nitrogen and oxygen atoms in total. The predicted octanol–water partition coefficient (Wildman–Crippen LogP) is 5.78. The van der Waals surface area contributed by atoms with Crippen LogP contribution in [0.15, 0.2) is 42.5 Å². The van der Waals surface area contributed by atoms with Crippen molar-refractivity contribution in [2.24, 2.45) is 0 Å². The minimum atomic E-state index is -4.49. The van der Waals surface area contributed by atoms with E-state index < -0.39 is 17.6 Å². The van der Waals surface area contributed by atoms with E-state index in [0.717, 1.165) is 23.8 Å². The van der Waals surface area contributed by atoms with E-state index in [1.54, 1.807) is 12.1 Å². The lowest BCUT2D eigenvalue weighted by Crippen LogP contribution is -2.34. The van der Waals surface area contributed by atoms with Gasteiger partial charge >= 0.3 is 6.18 Å². The van der Waals surface area contributed by atoms with Crippen LogP contribution in [0.3, 0.4) is 0 Å². The fourth-order valence-electron chi connectivity index (χ4n) is 2.24. The first-order valence-electron chi connectivity index (χ1n) is 7.97. The van der Waals surface area contributed by atoms with Gasteiger partial charge < -0.3 is 5.32 Å². The first-order valence-corrected chi connectivity index (χ1v) is 8.76. The quantitative estimate of drug-likeness (QED) is 0.612. The molecule has 27 heavy (non-hydrogen) atoms. The highest BCUT2D eigenvalue weighted by atomic mass is 35.5. The maximum atomic E-state index is 12.7. The van der Waals surface area contributed by atoms with Crippen LogP contribution >= 0.6 is 23.8 Å². The van der Waals surface area contributed by atoms with Gasteiger partial charge in [0.25, 0.3) is 5.91 Å². The van der Waals surface area contributed by atoms with Crippen LogP contribution in [-0.4, -0.2) is 11.0 Å². The summed E-state index contributed by atoms with van der Waals surface area (Å²) in [6.07, 6.45) is -4.49. The topological polar surface area (TPSA) is 41.1 Å². The molecular formula is C19H18ClF3N2OS. The Kier molecular flexibility index (Phi) is 6.17. The summed E-state index contributed by atoms with van der Waals surface area (Å²) < 4.78 is 38.0. The summed E-state index contributed by atoms with van der Waals surface area (Å²) in [4.78, 5) is 12.3. The number of nitrogens with one attached hydrogen (secondary N) is 2. The average Bonchev–Trinajstić information content (AvgIpc) is 2.55. The van der Waals surface area contributed by atoms with Gasteiger partial charge in [-0.2, -0.15) is 13.2 Å². The molecule has 2 N–H and O–H groups in total. The Labute approximate surface area is 165 Å². The molecule has 0 saturated heterocycles. The van der Waals surface area contributed by atoms with Crippen LogP contribution in [0.5, 0.6) is 0 Å². The van der Waals surface area contributed by atoms with Crippen LogP contribution in [0.4, 0.5) is 18.9 Å². The minimum Gasteiger partial charge on any atom is -0.331 e. The fourth-order valence-corrected chi connectivity index (χ4v) is 2.67. The molecule has 2 rings (SSSR count). The summed E-state index contributed by atoms with van der Waals surface area (Å²) in [6, 6.07) is 9.91. The summed E-state index contributed by atoms with van der Waals surface area (Å²) in [6.45, 7) is 6.19. The monoisotopic (exact) mass is 414 g/mol. The molecule has 0 aliphatic carbocycles. The molecule has 0 bridgehead atoms. The second kappa shape index (κ2) is 7.86. The largest absolute Gasteiger partial charge is 0.416 e. The van der Waals surface area contributed by atoms with Gasteiger partial charge in [-0.05, 0) is 53.5 Å². The van der Waals surface area contributed by atoms with Crippen molar-refractivity contribution in [1.29, 1.82) is 0 Å². The average molecular weight is 415 g/mol. The Morgan fingerprint density at radius 2 is 1.56 bits per heavy atom. The van der Waals surface area contributed by atoms with Crippen molar-refractivity contribution in [3.05, 3.63) is 64.2 Å². The van der Waals surface area contributed by atoms with Crippen LogP contribution in [0.25, 0.3) is 0 Å². The standard InChI is InChI=1S/C19H18ClF3N2OS/c1-18(2,3)12-6-4-11(5-7-12)16(26)25-17(27)24-15-9-8-13(10-14(15)20)19(21,22)23/h4-10H,1-3H3,(H2,24,25,26,27). The van der Waals surface area contributed by atoms with Crippen molar-refractivity contribution in [3.63, 3.8) is 0 Å². The van der Waals surface area contributed by atoms with E-state index in [-0.39, 0.29) is 21.2 Å². The molecule has 0 atom stereocenters. The van der Waals surface area contributed by atoms with Crippen LogP contribution < -0.4 is 10.6 Å². The molecule has 0 aliphatic heterocycles. The molecule has 2 aromatic carbocycles. The van der Waals surface area contributed by atoms with Crippen LogP contribution in [0.1, 0.15) is 42.3 Å². The zero-order chi connectivity index (χ0) is 20.4. The van der Waals surface area contributed by atoms with Gasteiger partial charge in [-0.25, -0.2) is 0 Å². The number of anilines is 1. The summed E-state index contributed by atoms with van der Waals surface area (Å²) in [7, 11) is 0. The molecule has 8 heteroatoms. The van der Waals surface area contributed by atoms with Crippen LogP contribution in [-0.2, 0) is 11.6 Å². The van der Waals surface area contributed by atoms with Gasteiger partial charge in [0, 0.05) is 5.56 Å². The molecular weight excluding hydrogens is 397 g/mol. The SMILES string of the molecule is CC(C)(C)c1ccc(C(=O)NC(=S)Nc2ccc(C(F)(F)F)cc2Cl)cc1. The second-order valence-corrected chi connectivity index (χ2v) is 7.74. The lowest BCUT2D eigenvalue weighted by Gasteiger charge is -2.19. The molecule has 0 saturated carbocycles. The highest BCUT2D eigenvalue weighted by molar-refractivity contribution is 7.80. The normalized spacial score (nSPS) is 11.8. The predicted molar refractivity (Wildman–Crippen MR) is 105 cm³/mol. The smallest absolute Gasteiger partial charge is 0.331 e. The van der Waals surface area contributed by atoms with Gasteiger partial charge in [0.2, 0.25) is 0 Å². The summed E-state index contributed by atoms with van der Waals surface area (Å²) in [5.74, 6) is -0.434. The molecule has 144 valence electrons. The van der Waals surface area contributed by atoms with Crippen molar-refractivity contribution < 1.29 is 18.0 Å². The maximum absolute atomic E-state index is 12.7. The number of carbonyl (C=O) groups excluding carboxylic acids is 1. The van der Waals surface area contributed by atoms with Gasteiger partial charge in [0.05, 0.1) is 16.3 Å². The Morgan fingerprint density at radius 1 is 1.00 bits per heavy atom. The highest BCUT2D eigenvalue weighted by Gasteiger charge is 2.31. The third-order valence-corrected chi connectivity index (χ3v) is 4.30. The number of thiocarbonyl (C=S) groups is 1. The Balaban J connectivity index is 2.04. The molecule has 0 radical (unpaired) electrons.